The van der Waals surface area contributed by atoms with E-state index in [0.717, 1.165) is 49.4 Å². The van der Waals surface area contributed by atoms with Gasteiger partial charge < -0.3 is 4.90 Å². The molecule has 3 fully saturated rings. The van der Waals surface area contributed by atoms with Crippen LogP contribution in [0, 0.1) is 40.4 Å². The van der Waals surface area contributed by atoms with Gasteiger partial charge in [0.2, 0.25) is 5.91 Å². The zero-order valence-electron chi connectivity index (χ0n) is 19.3. The zero-order valence-corrected chi connectivity index (χ0v) is 19.3. The highest BCUT2D eigenvalue weighted by molar-refractivity contribution is 5.82. The lowest BCUT2D eigenvalue weighted by atomic mass is 9.47. The predicted molar refractivity (Wildman–Crippen MR) is 117 cm³/mol. The van der Waals surface area contributed by atoms with Crippen molar-refractivity contribution in [3.8, 4) is 0 Å². The van der Waals surface area contributed by atoms with Crippen LogP contribution < -0.4 is 0 Å². The summed E-state index contributed by atoms with van der Waals surface area (Å²) in [6.45, 7) is 7.47. The fourth-order valence-electron chi connectivity index (χ4n) is 8.23. The molecule has 0 unspecified atom stereocenters. The van der Waals surface area contributed by atoms with E-state index in [1.54, 1.807) is 4.90 Å². The van der Waals surface area contributed by atoms with Crippen LogP contribution >= 0.6 is 0 Å². The Labute approximate surface area is 177 Å². The summed E-state index contributed by atoms with van der Waals surface area (Å²) in [5.74, 6) is 4.51. The molecule has 0 aromatic heterocycles. The van der Waals surface area contributed by atoms with Gasteiger partial charge in [-0.2, -0.15) is 0 Å². The van der Waals surface area contributed by atoms with Crippen molar-refractivity contribution in [1.29, 1.82) is 0 Å². The van der Waals surface area contributed by atoms with Crippen LogP contribution in [-0.4, -0.2) is 30.7 Å². The van der Waals surface area contributed by atoms with Crippen LogP contribution in [0.5, 0.6) is 0 Å². The predicted octanol–water partition coefficient (Wildman–Crippen LogP) is 5.64. The molecule has 4 aliphatic rings. The largest absolute Gasteiger partial charge is 0.349 e. The minimum atomic E-state index is 0.268. The van der Waals surface area contributed by atoms with Crippen LogP contribution in [0.3, 0.4) is 0 Å². The van der Waals surface area contributed by atoms with Gasteiger partial charge in [0.05, 0.1) is 0 Å². The monoisotopic (exact) mass is 399 g/mol. The molecule has 4 rings (SSSR count). The molecule has 4 aliphatic carbocycles. The molecule has 0 heterocycles. The number of ketones is 1. The van der Waals surface area contributed by atoms with Crippen molar-refractivity contribution in [2.24, 2.45) is 40.4 Å². The summed E-state index contributed by atoms with van der Waals surface area (Å²) in [4.78, 5) is 25.9. The molecule has 3 heteroatoms. The average Bonchev–Trinajstić information content (AvgIpc) is 3.03. The molecule has 0 spiro atoms. The molecule has 3 nitrogen and oxygen atoms in total. The lowest BCUT2D eigenvalue weighted by molar-refractivity contribution is -0.129. The zero-order chi connectivity index (χ0) is 21.0. The number of nitrogens with zero attached hydrogens (tertiary/aromatic N) is 1. The van der Waals surface area contributed by atoms with Crippen molar-refractivity contribution in [3.05, 3.63) is 11.6 Å². The van der Waals surface area contributed by atoms with Crippen LogP contribution in [0.1, 0.15) is 85.0 Å². The maximum absolute atomic E-state index is 12.1. The van der Waals surface area contributed by atoms with Crippen LogP contribution in [0.2, 0.25) is 0 Å². The van der Waals surface area contributed by atoms with Gasteiger partial charge in [0, 0.05) is 33.4 Å². The summed E-state index contributed by atoms with van der Waals surface area (Å²) in [6.07, 6.45) is 13.4. The number of Topliss-reactive ketones (excluding diaryl/α,β-unsaturated/α-hetero) is 1. The number of hydrogen-bond donors (Lipinski definition) is 0. The maximum atomic E-state index is 12.1. The topological polar surface area (TPSA) is 37.4 Å². The second-order valence-electron chi connectivity index (χ2n) is 11.5. The average molecular weight is 400 g/mol. The second-order valence-corrected chi connectivity index (χ2v) is 11.5. The Morgan fingerprint density at radius 1 is 1.17 bits per heavy atom. The summed E-state index contributed by atoms with van der Waals surface area (Å²) in [7, 11) is 3.73. The summed E-state index contributed by atoms with van der Waals surface area (Å²) >= 11 is 0. The lowest BCUT2D eigenvalue weighted by Gasteiger charge is -2.58. The molecule has 162 valence electrons. The highest BCUT2D eigenvalue weighted by Crippen LogP contribution is 2.67. The molecular weight excluding hydrogens is 358 g/mol. The Kier molecular flexibility index (Phi) is 5.49. The highest BCUT2D eigenvalue weighted by Gasteiger charge is 2.59. The Morgan fingerprint density at radius 2 is 1.93 bits per heavy atom. The Bertz CT molecular complexity index is 709. The first-order valence-corrected chi connectivity index (χ1v) is 12.1. The van der Waals surface area contributed by atoms with Crippen molar-refractivity contribution in [2.45, 2.75) is 85.0 Å². The molecule has 1 amide bonds. The standard InChI is InChI=1S/C26H41NO2/c1-17(6-11-24(29)27(4)5)21-9-10-22-20-8-7-18-16-19(28)12-14-25(18,2)23(20)13-15-26(21,22)3/h7,17,20-23H,6,8-16H2,1-5H3/t17-,20+,21-,22+,23+,25+,26-/m1/s1. The van der Waals surface area contributed by atoms with E-state index in [4.69, 9.17) is 0 Å². The molecule has 7 atom stereocenters. The van der Waals surface area contributed by atoms with Crippen molar-refractivity contribution in [3.63, 3.8) is 0 Å². The molecule has 0 saturated heterocycles. The summed E-state index contributed by atoms with van der Waals surface area (Å²) < 4.78 is 0. The van der Waals surface area contributed by atoms with Crippen molar-refractivity contribution >= 4 is 11.7 Å². The van der Waals surface area contributed by atoms with E-state index in [2.05, 4.69) is 26.8 Å². The summed E-state index contributed by atoms with van der Waals surface area (Å²) in [6, 6.07) is 0. The van der Waals surface area contributed by atoms with Crippen LogP contribution in [0.4, 0.5) is 0 Å². The number of carbonyl (C=O) groups excluding carboxylic acids is 2. The Balaban J connectivity index is 1.50. The minimum Gasteiger partial charge on any atom is -0.349 e. The van der Waals surface area contributed by atoms with Crippen molar-refractivity contribution in [1.82, 2.24) is 4.90 Å². The molecule has 0 N–H and O–H groups in total. The fraction of sp³-hybridized carbons (Fsp3) is 0.846. The van der Waals surface area contributed by atoms with Gasteiger partial charge in [-0.25, -0.2) is 0 Å². The summed E-state index contributed by atoms with van der Waals surface area (Å²) in [5, 5.41) is 0. The van der Waals surface area contributed by atoms with Crippen molar-refractivity contribution in [2.75, 3.05) is 14.1 Å². The van der Waals surface area contributed by atoms with Crippen molar-refractivity contribution < 1.29 is 9.59 Å². The smallest absolute Gasteiger partial charge is 0.222 e. The molecule has 0 aromatic carbocycles. The minimum absolute atomic E-state index is 0.268. The molecule has 0 radical (unpaired) electrons. The van der Waals surface area contributed by atoms with Gasteiger partial charge in [-0.3, -0.25) is 9.59 Å². The van der Waals surface area contributed by atoms with Gasteiger partial charge in [0.25, 0.3) is 0 Å². The van der Waals surface area contributed by atoms with E-state index in [1.807, 2.05) is 14.1 Å². The SMILES string of the molecule is C[C@H](CCC(=O)N(C)C)[C@H]1CC[C@H]2[C@@H]3CC=C4CC(=O)CC[C@]4(C)[C@H]3CC[C@]12C. The van der Waals surface area contributed by atoms with Gasteiger partial charge in [-0.05, 0) is 85.4 Å². The van der Waals surface area contributed by atoms with E-state index < -0.39 is 0 Å². The number of carbonyl (C=O) groups is 2. The Hall–Kier alpha value is -1.12. The molecule has 0 bridgehead atoms. The van der Waals surface area contributed by atoms with Gasteiger partial charge in [0.1, 0.15) is 5.78 Å². The number of rotatable bonds is 4. The number of hydrogen-bond acceptors (Lipinski definition) is 2. The van der Waals surface area contributed by atoms with E-state index in [1.165, 1.54) is 37.7 Å². The maximum Gasteiger partial charge on any atom is 0.222 e. The van der Waals surface area contributed by atoms with E-state index in [-0.39, 0.29) is 11.3 Å². The fourth-order valence-corrected chi connectivity index (χ4v) is 8.23. The number of amides is 1. The van der Waals surface area contributed by atoms with Gasteiger partial charge in [-0.15, -0.1) is 0 Å². The van der Waals surface area contributed by atoms with E-state index in [0.29, 0.717) is 23.5 Å². The second kappa shape index (κ2) is 7.54. The van der Waals surface area contributed by atoms with E-state index in [9.17, 15) is 9.59 Å². The van der Waals surface area contributed by atoms with E-state index >= 15 is 0 Å². The lowest BCUT2D eigenvalue weighted by Crippen LogP contribution is -2.50. The molecular formula is C26H41NO2. The van der Waals surface area contributed by atoms with Gasteiger partial charge >= 0.3 is 0 Å². The third kappa shape index (κ3) is 3.41. The first kappa shape index (κ1) is 21.1. The third-order valence-electron chi connectivity index (χ3n) is 10.0. The molecule has 0 aromatic rings. The molecule has 29 heavy (non-hydrogen) atoms. The normalized spacial score (nSPS) is 42.4. The van der Waals surface area contributed by atoms with Crippen LogP contribution in [0.25, 0.3) is 0 Å². The highest BCUT2D eigenvalue weighted by atomic mass is 16.2. The Morgan fingerprint density at radius 3 is 2.66 bits per heavy atom. The summed E-state index contributed by atoms with van der Waals surface area (Å²) in [5.41, 5.74) is 2.19. The van der Waals surface area contributed by atoms with Gasteiger partial charge in [0.15, 0.2) is 0 Å². The number of allylic oxidation sites excluding steroid dienone is 2. The third-order valence-corrected chi connectivity index (χ3v) is 10.0. The van der Waals surface area contributed by atoms with Crippen LogP contribution in [0.15, 0.2) is 11.6 Å². The quantitative estimate of drug-likeness (QED) is 0.574. The van der Waals surface area contributed by atoms with Gasteiger partial charge in [-0.1, -0.05) is 32.4 Å². The molecule has 3 saturated carbocycles. The molecule has 0 aliphatic heterocycles. The first-order chi connectivity index (χ1) is 13.7. The first-order valence-electron chi connectivity index (χ1n) is 12.1. The van der Waals surface area contributed by atoms with Crippen LogP contribution in [-0.2, 0) is 9.59 Å². The number of fused-ring (bicyclic) bond motifs is 5.